The van der Waals surface area contributed by atoms with Gasteiger partial charge >= 0.3 is 5.97 Å². The second-order valence-electron chi connectivity index (χ2n) is 8.49. The fraction of sp³-hybridized carbons (Fsp3) is 0.172. The maximum Gasteiger partial charge on any atom is 0.337 e. The summed E-state index contributed by atoms with van der Waals surface area (Å²) in [6, 6.07) is 18.3. The molecular weight excluding hydrogens is 506 g/mol. The predicted molar refractivity (Wildman–Crippen MR) is 146 cm³/mol. The van der Waals surface area contributed by atoms with E-state index in [9.17, 15) is 19.2 Å². The van der Waals surface area contributed by atoms with Gasteiger partial charge in [0.2, 0.25) is 0 Å². The minimum Gasteiger partial charge on any atom is -0.465 e. The van der Waals surface area contributed by atoms with Crippen LogP contribution < -0.4 is 15.5 Å². The molecule has 0 bridgehead atoms. The molecule has 0 fully saturated rings. The van der Waals surface area contributed by atoms with Crippen molar-refractivity contribution in [2.24, 2.45) is 0 Å². The molecule has 0 unspecified atom stereocenters. The first-order valence-electron chi connectivity index (χ1n) is 12.0. The number of ether oxygens (including phenoxy) is 1. The predicted octanol–water partition coefficient (Wildman–Crippen LogP) is 5.29. The number of nitrogens with one attached hydrogen (secondary N) is 2. The number of para-hydroxylation sites is 1. The number of methoxy groups -OCH3 is 1. The Kier molecular flexibility index (Phi) is 7.93. The molecule has 3 aromatic carbocycles. The third kappa shape index (κ3) is 5.17. The monoisotopic (exact) mass is 531 g/mol. The zero-order chi connectivity index (χ0) is 27.4. The summed E-state index contributed by atoms with van der Waals surface area (Å²) in [4.78, 5) is 51.7. The highest BCUT2D eigenvalue weighted by Gasteiger charge is 2.39. The van der Waals surface area contributed by atoms with Gasteiger partial charge in [-0.1, -0.05) is 49.7 Å². The molecule has 1 aliphatic heterocycles. The van der Waals surface area contributed by atoms with Crippen LogP contribution >= 0.6 is 11.6 Å². The molecule has 0 atom stereocenters. The molecule has 0 saturated heterocycles. The molecule has 1 aliphatic rings. The quantitative estimate of drug-likeness (QED) is 0.302. The fourth-order valence-corrected chi connectivity index (χ4v) is 4.39. The molecule has 0 spiro atoms. The first-order valence-corrected chi connectivity index (χ1v) is 12.4. The molecule has 4 rings (SSSR count). The normalized spacial score (nSPS) is 13.1. The first-order chi connectivity index (χ1) is 18.3. The highest BCUT2D eigenvalue weighted by Crippen LogP contribution is 2.31. The third-order valence-electron chi connectivity index (χ3n) is 6.21. The summed E-state index contributed by atoms with van der Waals surface area (Å²) in [5.41, 5.74) is 4.07. The van der Waals surface area contributed by atoms with Crippen LogP contribution in [-0.2, 0) is 27.2 Å². The number of carbonyl (C=O) groups is 4. The zero-order valence-electron chi connectivity index (χ0n) is 21.1. The van der Waals surface area contributed by atoms with E-state index in [1.54, 1.807) is 24.3 Å². The van der Waals surface area contributed by atoms with Gasteiger partial charge in [-0.15, -0.1) is 0 Å². The molecule has 3 amide bonds. The van der Waals surface area contributed by atoms with E-state index in [1.165, 1.54) is 31.4 Å². The molecule has 1 heterocycles. The van der Waals surface area contributed by atoms with Crippen molar-refractivity contribution in [1.29, 1.82) is 0 Å². The van der Waals surface area contributed by atoms with E-state index in [-0.39, 0.29) is 27.9 Å². The van der Waals surface area contributed by atoms with Crippen molar-refractivity contribution < 1.29 is 23.9 Å². The van der Waals surface area contributed by atoms with Crippen molar-refractivity contribution in [1.82, 2.24) is 0 Å². The Morgan fingerprint density at radius 3 is 2.11 bits per heavy atom. The number of benzene rings is 3. The minimum atomic E-state index is -0.706. The lowest BCUT2D eigenvalue weighted by molar-refractivity contribution is -0.120. The lowest BCUT2D eigenvalue weighted by Gasteiger charge is -2.16. The molecule has 2 N–H and O–H groups in total. The highest BCUT2D eigenvalue weighted by molar-refractivity contribution is 6.53. The molecular formula is C29H26ClN3O5. The van der Waals surface area contributed by atoms with Gasteiger partial charge < -0.3 is 15.4 Å². The second kappa shape index (κ2) is 11.3. The van der Waals surface area contributed by atoms with Crippen molar-refractivity contribution in [3.63, 3.8) is 0 Å². The summed E-state index contributed by atoms with van der Waals surface area (Å²) in [5.74, 6) is -2.21. The van der Waals surface area contributed by atoms with E-state index in [0.717, 1.165) is 34.6 Å². The molecule has 9 heteroatoms. The van der Waals surface area contributed by atoms with E-state index in [1.807, 2.05) is 32.0 Å². The molecule has 0 radical (unpaired) electrons. The molecule has 3 aromatic rings. The van der Waals surface area contributed by atoms with Gasteiger partial charge in [0.05, 0.1) is 18.4 Å². The lowest BCUT2D eigenvalue weighted by Crippen LogP contribution is -2.32. The van der Waals surface area contributed by atoms with Crippen LogP contribution in [0.1, 0.15) is 45.7 Å². The number of carbonyl (C=O) groups excluding carboxylic acids is 4. The van der Waals surface area contributed by atoms with Crippen molar-refractivity contribution in [2.75, 3.05) is 22.6 Å². The SMILES string of the molecule is CCc1cccc(CC)c1NC(=O)c1cccc(NC2=C(Cl)C(=O)N(c3ccc(C(=O)OC)cc3)C2=O)c1. The molecule has 8 nitrogen and oxygen atoms in total. The molecule has 0 aromatic heterocycles. The lowest BCUT2D eigenvalue weighted by atomic mass is 10.0. The van der Waals surface area contributed by atoms with Crippen LogP contribution in [0.4, 0.5) is 17.1 Å². The van der Waals surface area contributed by atoms with Crippen LogP contribution in [0.25, 0.3) is 0 Å². The Morgan fingerprint density at radius 2 is 1.50 bits per heavy atom. The Labute approximate surface area is 225 Å². The Bertz CT molecular complexity index is 1440. The smallest absolute Gasteiger partial charge is 0.337 e. The van der Waals surface area contributed by atoms with Gasteiger partial charge in [-0.05, 0) is 66.4 Å². The minimum absolute atomic E-state index is 0.115. The van der Waals surface area contributed by atoms with E-state index >= 15 is 0 Å². The van der Waals surface area contributed by atoms with Gasteiger partial charge in [0.1, 0.15) is 10.7 Å². The third-order valence-corrected chi connectivity index (χ3v) is 6.56. The van der Waals surface area contributed by atoms with Crippen LogP contribution in [-0.4, -0.2) is 30.8 Å². The summed E-state index contributed by atoms with van der Waals surface area (Å²) < 4.78 is 4.67. The second-order valence-corrected chi connectivity index (χ2v) is 8.87. The maximum absolute atomic E-state index is 13.1. The Hall–Kier alpha value is -4.43. The van der Waals surface area contributed by atoms with Crippen molar-refractivity contribution >= 4 is 52.4 Å². The summed E-state index contributed by atoms with van der Waals surface area (Å²) in [6.07, 6.45) is 1.55. The van der Waals surface area contributed by atoms with Gasteiger partial charge in [-0.3, -0.25) is 14.4 Å². The molecule has 194 valence electrons. The van der Waals surface area contributed by atoms with Crippen LogP contribution in [0.2, 0.25) is 0 Å². The largest absolute Gasteiger partial charge is 0.465 e. The number of aryl methyl sites for hydroxylation is 2. The standard InChI is InChI=1S/C29H26ClN3O5/c1-4-17-8-6-9-18(5-2)24(17)32-26(34)20-10-7-11-21(16-20)31-25-23(30)27(35)33(28(25)36)22-14-12-19(13-15-22)29(37)38-3/h6-16,31H,4-5H2,1-3H3,(H,32,34). The number of rotatable bonds is 8. The number of amides is 3. The van der Waals surface area contributed by atoms with E-state index in [0.29, 0.717) is 11.3 Å². The maximum atomic E-state index is 13.1. The number of hydrogen-bond acceptors (Lipinski definition) is 6. The van der Waals surface area contributed by atoms with Crippen LogP contribution in [0.3, 0.4) is 0 Å². The van der Waals surface area contributed by atoms with Gasteiger partial charge in [-0.25, -0.2) is 9.69 Å². The van der Waals surface area contributed by atoms with Crippen molar-refractivity contribution in [3.8, 4) is 0 Å². The first kappa shape index (κ1) is 26.6. The summed E-state index contributed by atoms with van der Waals surface area (Å²) in [7, 11) is 1.26. The van der Waals surface area contributed by atoms with Gasteiger partial charge in [0.25, 0.3) is 17.7 Å². The molecule has 0 aliphatic carbocycles. The number of imide groups is 1. The number of halogens is 1. The number of nitrogens with zero attached hydrogens (tertiary/aromatic N) is 1. The Balaban J connectivity index is 1.54. The van der Waals surface area contributed by atoms with Crippen molar-refractivity contribution in [3.05, 3.63) is 99.7 Å². The summed E-state index contributed by atoms with van der Waals surface area (Å²) in [6.45, 7) is 4.06. The zero-order valence-corrected chi connectivity index (χ0v) is 21.9. The van der Waals surface area contributed by atoms with Crippen LogP contribution in [0, 0.1) is 0 Å². The molecule has 38 heavy (non-hydrogen) atoms. The van der Waals surface area contributed by atoms with E-state index < -0.39 is 17.8 Å². The van der Waals surface area contributed by atoms with Crippen LogP contribution in [0.5, 0.6) is 0 Å². The van der Waals surface area contributed by atoms with Crippen molar-refractivity contribution in [2.45, 2.75) is 26.7 Å². The fourth-order valence-electron chi connectivity index (χ4n) is 4.18. The average molecular weight is 532 g/mol. The van der Waals surface area contributed by atoms with E-state index in [4.69, 9.17) is 11.6 Å². The highest BCUT2D eigenvalue weighted by atomic mass is 35.5. The molecule has 0 saturated carbocycles. The topological polar surface area (TPSA) is 105 Å². The van der Waals surface area contributed by atoms with Gasteiger partial charge in [0, 0.05) is 16.9 Å². The number of esters is 1. The average Bonchev–Trinajstić information content (AvgIpc) is 3.15. The van der Waals surface area contributed by atoms with E-state index in [2.05, 4.69) is 15.4 Å². The number of hydrogen-bond donors (Lipinski definition) is 2. The number of anilines is 3. The van der Waals surface area contributed by atoms with Gasteiger partial charge in [-0.2, -0.15) is 0 Å². The summed E-state index contributed by atoms with van der Waals surface area (Å²) in [5, 5.41) is 5.63. The summed E-state index contributed by atoms with van der Waals surface area (Å²) >= 11 is 6.25. The Morgan fingerprint density at radius 1 is 0.868 bits per heavy atom. The van der Waals surface area contributed by atoms with Gasteiger partial charge in [0.15, 0.2) is 0 Å². The van der Waals surface area contributed by atoms with Crippen LogP contribution in [0.15, 0.2) is 77.5 Å².